The predicted molar refractivity (Wildman–Crippen MR) is 87.8 cm³/mol. The van der Waals surface area contributed by atoms with E-state index in [1.54, 1.807) is 32.9 Å². The van der Waals surface area contributed by atoms with Gasteiger partial charge in [0.25, 0.3) is 0 Å². The van der Waals surface area contributed by atoms with E-state index in [4.69, 9.17) is 16.3 Å². The van der Waals surface area contributed by atoms with Gasteiger partial charge in [-0.25, -0.2) is 4.79 Å². The van der Waals surface area contributed by atoms with Gasteiger partial charge in [-0.3, -0.25) is 4.79 Å². The van der Waals surface area contributed by atoms with Gasteiger partial charge < -0.3 is 14.7 Å². The highest BCUT2D eigenvalue weighted by atomic mass is 35.5. The molecule has 1 heterocycles. The Labute approximate surface area is 139 Å². The molecule has 0 spiro atoms. The van der Waals surface area contributed by atoms with Crippen LogP contribution in [0.5, 0.6) is 0 Å². The first kappa shape index (κ1) is 18.8. The van der Waals surface area contributed by atoms with Crippen LogP contribution in [0, 0.1) is 0 Å². The maximum absolute atomic E-state index is 12.3. The van der Waals surface area contributed by atoms with E-state index in [1.165, 1.54) is 16.2 Å². The third-order valence-electron chi connectivity index (χ3n) is 2.87. The van der Waals surface area contributed by atoms with Crippen LogP contribution in [0.3, 0.4) is 0 Å². The van der Waals surface area contributed by atoms with Crippen molar-refractivity contribution in [1.82, 2.24) is 4.90 Å². The summed E-state index contributed by atoms with van der Waals surface area (Å²) in [5.74, 6) is -1.82. The lowest BCUT2D eigenvalue weighted by atomic mass is 10.1. The fourth-order valence-electron chi connectivity index (χ4n) is 1.82. The van der Waals surface area contributed by atoms with E-state index < -0.39 is 23.6 Å². The molecule has 0 aliphatic heterocycles. The first-order chi connectivity index (χ1) is 10.0. The number of aliphatic carboxylic acids is 1. The average Bonchev–Trinajstić information content (AvgIpc) is 2.72. The highest BCUT2D eigenvalue weighted by Crippen LogP contribution is 2.30. The van der Waals surface area contributed by atoms with Gasteiger partial charge in [0.05, 0.1) is 4.34 Å². The van der Waals surface area contributed by atoms with Gasteiger partial charge in [0.15, 0.2) is 0 Å². The summed E-state index contributed by atoms with van der Waals surface area (Å²) < 4.78 is 5.88. The molecule has 1 aromatic rings. The summed E-state index contributed by atoms with van der Waals surface area (Å²) >= 11 is 7.09. The number of carboxylic acids is 1. The minimum atomic E-state index is -0.993. The highest BCUT2D eigenvalue weighted by Gasteiger charge is 2.31. The number of carboxylic acid groups (broad SMARTS) is 1. The molecule has 0 saturated carbocycles. The molecular formula is C15H22ClNO4S. The molecule has 124 valence electrons. The van der Waals surface area contributed by atoms with Gasteiger partial charge in [-0.05, 0) is 46.8 Å². The summed E-state index contributed by atoms with van der Waals surface area (Å²) in [4.78, 5) is 25.9. The van der Waals surface area contributed by atoms with E-state index in [-0.39, 0.29) is 12.6 Å². The maximum atomic E-state index is 12.3. The lowest BCUT2D eigenvalue weighted by Crippen LogP contribution is -2.44. The Hall–Kier alpha value is -1.27. The summed E-state index contributed by atoms with van der Waals surface area (Å²) in [7, 11) is 0. The monoisotopic (exact) mass is 347 g/mol. The molecule has 22 heavy (non-hydrogen) atoms. The minimum absolute atomic E-state index is 0.0404. The number of carbonyl (C=O) groups is 2. The molecule has 7 heteroatoms. The summed E-state index contributed by atoms with van der Waals surface area (Å²) in [6.07, 6.45) is -0.517. The second-order valence-corrected chi connectivity index (χ2v) is 8.01. The molecular weight excluding hydrogens is 326 g/mol. The van der Waals surface area contributed by atoms with Crippen LogP contribution in [0.2, 0.25) is 4.34 Å². The molecule has 5 nitrogen and oxygen atoms in total. The molecule has 1 aromatic heterocycles. The fraction of sp³-hybridized carbons (Fsp3) is 0.600. The standard InChI is InChI=1S/C15H22ClNO4S/c1-9(2)17(14(20)21-15(3,4)5)8-10(13(18)19)11-6-7-12(16)22-11/h6-7,9-10H,8H2,1-5H3,(H,18,19). The Morgan fingerprint density at radius 2 is 1.95 bits per heavy atom. The predicted octanol–water partition coefficient (Wildman–Crippen LogP) is 4.22. The van der Waals surface area contributed by atoms with E-state index >= 15 is 0 Å². The molecule has 1 amide bonds. The fourth-order valence-corrected chi connectivity index (χ4v) is 2.96. The van der Waals surface area contributed by atoms with E-state index in [9.17, 15) is 14.7 Å². The third-order valence-corrected chi connectivity index (χ3v) is 4.21. The van der Waals surface area contributed by atoms with Crippen molar-refractivity contribution in [2.45, 2.75) is 52.2 Å². The van der Waals surface area contributed by atoms with Gasteiger partial charge in [-0.2, -0.15) is 0 Å². The zero-order chi connectivity index (χ0) is 17.1. The quantitative estimate of drug-likeness (QED) is 0.866. The van der Waals surface area contributed by atoms with Crippen LogP contribution >= 0.6 is 22.9 Å². The lowest BCUT2D eigenvalue weighted by molar-refractivity contribution is -0.139. The van der Waals surface area contributed by atoms with Crippen molar-refractivity contribution < 1.29 is 19.4 Å². The number of amides is 1. The van der Waals surface area contributed by atoms with E-state index in [0.29, 0.717) is 9.21 Å². The molecule has 0 saturated heterocycles. The number of ether oxygens (including phenoxy) is 1. The van der Waals surface area contributed by atoms with Crippen molar-refractivity contribution in [2.24, 2.45) is 0 Å². The Morgan fingerprint density at radius 1 is 1.36 bits per heavy atom. The first-order valence-electron chi connectivity index (χ1n) is 6.99. The second-order valence-electron chi connectivity index (χ2n) is 6.26. The number of hydrogen-bond donors (Lipinski definition) is 1. The maximum Gasteiger partial charge on any atom is 0.410 e. The number of carbonyl (C=O) groups excluding carboxylic acids is 1. The Balaban J connectivity index is 2.96. The summed E-state index contributed by atoms with van der Waals surface area (Å²) in [5.41, 5.74) is -0.630. The van der Waals surface area contributed by atoms with Crippen molar-refractivity contribution in [1.29, 1.82) is 0 Å². The van der Waals surface area contributed by atoms with Crippen LogP contribution in [0.4, 0.5) is 4.79 Å². The SMILES string of the molecule is CC(C)N(CC(C(=O)O)c1ccc(Cl)s1)C(=O)OC(C)(C)C. The van der Waals surface area contributed by atoms with Crippen molar-refractivity contribution in [3.05, 3.63) is 21.3 Å². The number of rotatable bonds is 5. The molecule has 0 bridgehead atoms. The van der Waals surface area contributed by atoms with Crippen LogP contribution in [0.1, 0.15) is 45.4 Å². The topological polar surface area (TPSA) is 66.8 Å². The first-order valence-corrected chi connectivity index (χ1v) is 8.18. The minimum Gasteiger partial charge on any atom is -0.481 e. The van der Waals surface area contributed by atoms with Crippen LogP contribution in [-0.2, 0) is 9.53 Å². The van der Waals surface area contributed by atoms with Crippen LogP contribution in [-0.4, -0.2) is 40.3 Å². The third kappa shape index (κ3) is 5.50. The zero-order valence-corrected chi connectivity index (χ0v) is 15.0. The van der Waals surface area contributed by atoms with Gasteiger partial charge in [0.1, 0.15) is 11.5 Å². The van der Waals surface area contributed by atoms with Crippen molar-refractivity contribution in [3.63, 3.8) is 0 Å². The Kier molecular flexibility index (Phi) is 6.26. The average molecular weight is 348 g/mol. The molecule has 0 fully saturated rings. The smallest absolute Gasteiger partial charge is 0.410 e. The largest absolute Gasteiger partial charge is 0.481 e. The molecule has 1 rings (SSSR count). The lowest BCUT2D eigenvalue weighted by Gasteiger charge is -2.31. The van der Waals surface area contributed by atoms with Gasteiger partial charge >= 0.3 is 12.1 Å². The molecule has 0 aromatic carbocycles. The van der Waals surface area contributed by atoms with E-state index in [0.717, 1.165) is 0 Å². The van der Waals surface area contributed by atoms with E-state index in [2.05, 4.69) is 0 Å². The summed E-state index contributed by atoms with van der Waals surface area (Å²) in [6.45, 7) is 9.01. The van der Waals surface area contributed by atoms with Gasteiger partial charge in [-0.1, -0.05) is 11.6 Å². The molecule has 0 radical (unpaired) electrons. The molecule has 0 aliphatic carbocycles. The van der Waals surface area contributed by atoms with Gasteiger partial charge in [0, 0.05) is 17.5 Å². The van der Waals surface area contributed by atoms with Crippen molar-refractivity contribution in [3.8, 4) is 0 Å². The van der Waals surface area contributed by atoms with Crippen LogP contribution < -0.4 is 0 Å². The highest BCUT2D eigenvalue weighted by molar-refractivity contribution is 7.16. The Bertz CT molecular complexity index is 536. The van der Waals surface area contributed by atoms with Crippen LogP contribution in [0.25, 0.3) is 0 Å². The molecule has 0 aliphatic rings. The number of thiophene rings is 1. The normalized spacial score (nSPS) is 13.0. The van der Waals surface area contributed by atoms with Crippen molar-refractivity contribution >= 4 is 35.0 Å². The van der Waals surface area contributed by atoms with Gasteiger partial charge in [-0.15, -0.1) is 11.3 Å². The molecule has 1 atom stereocenters. The summed E-state index contributed by atoms with van der Waals surface area (Å²) in [6, 6.07) is 3.16. The molecule has 1 N–H and O–H groups in total. The number of nitrogens with zero attached hydrogens (tertiary/aromatic N) is 1. The molecule has 1 unspecified atom stereocenters. The number of hydrogen-bond acceptors (Lipinski definition) is 4. The van der Waals surface area contributed by atoms with Gasteiger partial charge in [0.2, 0.25) is 0 Å². The van der Waals surface area contributed by atoms with E-state index in [1.807, 2.05) is 13.8 Å². The zero-order valence-electron chi connectivity index (χ0n) is 13.4. The summed E-state index contributed by atoms with van der Waals surface area (Å²) in [5, 5.41) is 9.47. The number of halogens is 1. The van der Waals surface area contributed by atoms with Crippen molar-refractivity contribution in [2.75, 3.05) is 6.54 Å². The second kappa shape index (κ2) is 7.33. The Morgan fingerprint density at radius 3 is 2.32 bits per heavy atom. The van der Waals surface area contributed by atoms with Crippen LogP contribution in [0.15, 0.2) is 12.1 Å².